The summed E-state index contributed by atoms with van der Waals surface area (Å²) in [5.74, 6) is -2.49. The molecule has 1 rings (SSSR count). The lowest BCUT2D eigenvalue weighted by Crippen LogP contribution is -2.51. The van der Waals surface area contributed by atoms with E-state index in [1.54, 1.807) is 36.5 Å². The quantitative estimate of drug-likeness (QED) is 0.693. The van der Waals surface area contributed by atoms with Crippen molar-refractivity contribution in [2.75, 3.05) is 13.7 Å². The molecule has 0 saturated carbocycles. The molecule has 0 aliphatic rings. The Balaban J connectivity index is 2.78. The van der Waals surface area contributed by atoms with E-state index in [2.05, 4.69) is 5.32 Å². The molecule has 0 aliphatic heterocycles. The van der Waals surface area contributed by atoms with E-state index in [1.165, 1.54) is 7.11 Å². The molecule has 0 fully saturated rings. The van der Waals surface area contributed by atoms with Crippen molar-refractivity contribution in [1.29, 1.82) is 0 Å². The van der Waals surface area contributed by atoms with Gasteiger partial charge in [-0.1, -0.05) is 12.1 Å². The van der Waals surface area contributed by atoms with Crippen molar-refractivity contribution >= 4 is 11.8 Å². The predicted molar refractivity (Wildman–Crippen MR) is 79.2 cm³/mol. The van der Waals surface area contributed by atoms with Gasteiger partial charge in [0.25, 0.3) is 0 Å². The second-order valence-electron chi connectivity index (χ2n) is 5.04. The van der Waals surface area contributed by atoms with Crippen LogP contribution in [0, 0.1) is 0 Å². The number of amides is 2. The summed E-state index contributed by atoms with van der Waals surface area (Å²) in [6.07, 6.45) is -5.44. The molecule has 0 spiro atoms. The maximum absolute atomic E-state index is 12.3. The molecule has 0 radical (unpaired) electrons. The Morgan fingerprint density at radius 1 is 1.29 bits per heavy atom. The highest BCUT2D eigenvalue weighted by Gasteiger charge is 2.40. The zero-order valence-electron chi connectivity index (χ0n) is 13.2. The Bertz CT molecular complexity index is 578. The van der Waals surface area contributed by atoms with Crippen LogP contribution in [0.2, 0.25) is 0 Å². The van der Waals surface area contributed by atoms with Gasteiger partial charge in [0, 0.05) is 6.61 Å². The summed E-state index contributed by atoms with van der Waals surface area (Å²) >= 11 is 0. The maximum Gasteiger partial charge on any atom is 0.471 e. The maximum atomic E-state index is 12.3. The fraction of sp³-hybridized carbons (Fsp3) is 0.467. The smallest absolute Gasteiger partial charge is 0.471 e. The van der Waals surface area contributed by atoms with Crippen LogP contribution in [-0.4, -0.2) is 42.9 Å². The number of aliphatic hydroxyl groups is 1. The van der Waals surface area contributed by atoms with Crippen LogP contribution in [-0.2, 0) is 9.59 Å². The molecule has 0 heterocycles. The molecule has 3 N–H and O–H groups in total. The summed E-state index contributed by atoms with van der Waals surface area (Å²) in [6.45, 7) is 1.08. The molecule has 2 amide bonds. The van der Waals surface area contributed by atoms with Crippen LogP contribution < -0.4 is 15.4 Å². The number of nitrogens with one attached hydrogen (secondary N) is 2. The van der Waals surface area contributed by atoms with E-state index in [1.807, 2.05) is 0 Å². The number of hydrogen-bond donors (Lipinski definition) is 3. The van der Waals surface area contributed by atoms with Crippen molar-refractivity contribution in [3.63, 3.8) is 0 Å². The standard InChI is InChI=1S/C15H19F3N2O4/c1-9(10-4-3-5-11(8-10)24-2)19-13(22)12(6-7-21)20-14(23)15(16,17)18/h3-5,8-9,12,21H,6-7H2,1-2H3,(H,19,22)(H,20,23)/t9-,12-/m1/s1. The fourth-order valence-corrected chi connectivity index (χ4v) is 1.95. The van der Waals surface area contributed by atoms with Crippen LogP contribution in [0.25, 0.3) is 0 Å². The van der Waals surface area contributed by atoms with E-state index in [0.29, 0.717) is 11.3 Å². The van der Waals surface area contributed by atoms with Gasteiger partial charge in [-0.05, 0) is 31.0 Å². The third kappa shape index (κ3) is 5.73. The fourth-order valence-electron chi connectivity index (χ4n) is 1.95. The Hall–Kier alpha value is -2.29. The molecule has 24 heavy (non-hydrogen) atoms. The van der Waals surface area contributed by atoms with Gasteiger partial charge in [0.05, 0.1) is 13.2 Å². The lowest BCUT2D eigenvalue weighted by molar-refractivity contribution is -0.174. The molecule has 6 nitrogen and oxygen atoms in total. The average Bonchev–Trinajstić information content (AvgIpc) is 2.53. The molecule has 1 aromatic carbocycles. The molecule has 0 bridgehead atoms. The van der Waals surface area contributed by atoms with Gasteiger partial charge in [-0.15, -0.1) is 0 Å². The van der Waals surface area contributed by atoms with E-state index in [0.717, 1.165) is 0 Å². The number of methoxy groups -OCH3 is 1. The van der Waals surface area contributed by atoms with E-state index < -0.39 is 36.7 Å². The van der Waals surface area contributed by atoms with E-state index >= 15 is 0 Å². The summed E-state index contributed by atoms with van der Waals surface area (Å²) in [5.41, 5.74) is 0.674. The molecule has 0 aliphatic carbocycles. The van der Waals surface area contributed by atoms with E-state index in [4.69, 9.17) is 9.84 Å². The van der Waals surface area contributed by atoms with Crippen LogP contribution in [0.5, 0.6) is 5.75 Å². The Labute approximate surface area is 137 Å². The number of aliphatic hydroxyl groups excluding tert-OH is 1. The lowest BCUT2D eigenvalue weighted by atomic mass is 10.1. The Morgan fingerprint density at radius 2 is 1.96 bits per heavy atom. The van der Waals surface area contributed by atoms with Crippen molar-refractivity contribution in [3.8, 4) is 5.75 Å². The molecule has 1 aromatic rings. The van der Waals surface area contributed by atoms with Crippen molar-refractivity contribution in [1.82, 2.24) is 10.6 Å². The van der Waals surface area contributed by atoms with E-state index in [9.17, 15) is 22.8 Å². The van der Waals surface area contributed by atoms with Crippen LogP contribution >= 0.6 is 0 Å². The topological polar surface area (TPSA) is 87.7 Å². The van der Waals surface area contributed by atoms with Crippen molar-refractivity contribution in [2.24, 2.45) is 0 Å². The number of halogens is 3. The summed E-state index contributed by atoms with van der Waals surface area (Å²) in [6, 6.07) is 4.76. The second-order valence-corrected chi connectivity index (χ2v) is 5.04. The SMILES string of the molecule is COc1cccc([C@@H](C)NC(=O)[C@@H](CCO)NC(=O)C(F)(F)F)c1. The van der Waals surface area contributed by atoms with Gasteiger partial charge in [0.15, 0.2) is 0 Å². The third-order valence-electron chi connectivity index (χ3n) is 3.25. The third-order valence-corrected chi connectivity index (χ3v) is 3.25. The first-order valence-corrected chi connectivity index (χ1v) is 7.12. The first-order chi connectivity index (χ1) is 11.2. The van der Waals surface area contributed by atoms with Gasteiger partial charge < -0.3 is 20.5 Å². The number of benzene rings is 1. The normalized spacial score (nSPS) is 13.8. The van der Waals surface area contributed by atoms with Gasteiger partial charge in [0.2, 0.25) is 5.91 Å². The number of carbonyl (C=O) groups is 2. The molecule has 0 aromatic heterocycles. The minimum absolute atomic E-state index is 0.335. The summed E-state index contributed by atoms with van der Waals surface area (Å²) < 4.78 is 42.0. The predicted octanol–water partition coefficient (Wildman–Crippen LogP) is 1.30. The first-order valence-electron chi connectivity index (χ1n) is 7.12. The zero-order valence-corrected chi connectivity index (χ0v) is 13.2. The second kappa shape index (κ2) is 8.53. The Kier molecular flexibility index (Phi) is 7.02. The van der Waals surface area contributed by atoms with Gasteiger partial charge in [-0.25, -0.2) is 0 Å². The highest BCUT2D eigenvalue weighted by atomic mass is 19.4. The van der Waals surface area contributed by atoms with Crippen LogP contribution in [0.1, 0.15) is 24.9 Å². The van der Waals surface area contributed by atoms with E-state index in [-0.39, 0.29) is 6.42 Å². The number of rotatable bonds is 7. The summed E-state index contributed by atoms with van der Waals surface area (Å²) in [4.78, 5) is 23.1. The van der Waals surface area contributed by atoms with Gasteiger partial charge in [0.1, 0.15) is 11.8 Å². The van der Waals surface area contributed by atoms with Crippen molar-refractivity contribution in [3.05, 3.63) is 29.8 Å². The van der Waals surface area contributed by atoms with Crippen molar-refractivity contribution in [2.45, 2.75) is 31.6 Å². The Morgan fingerprint density at radius 3 is 2.50 bits per heavy atom. The summed E-state index contributed by atoms with van der Waals surface area (Å²) in [5, 5.41) is 13.0. The monoisotopic (exact) mass is 348 g/mol. The average molecular weight is 348 g/mol. The van der Waals surface area contributed by atoms with Crippen LogP contribution in [0.15, 0.2) is 24.3 Å². The molecule has 2 atom stereocenters. The largest absolute Gasteiger partial charge is 0.497 e. The minimum Gasteiger partial charge on any atom is -0.497 e. The summed E-state index contributed by atoms with van der Waals surface area (Å²) in [7, 11) is 1.48. The molecule has 134 valence electrons. The number of hydrogen-bond acceptors (Lipinski definition) is 4. The first kappa shape index (κ1) is 19.8. The molecule has 0 saturated heterocycles. The molecular weight excluding hydrogens is 329 g/mol. The minimum atomic E-state index is -5.10. The number of carbonyl (C=O) groups excluding carboxylic acids is 2. The van der Waals surface area contributed by atoms with Crippen molar-refractivity contribution < 1.29 is 32.6 Å². The van der Waals surface area contributed by atoms with Gasteiger partial charge >= 0.3 is 12.1 Å². The molecular formula is C15H19F3N2O4. The highest BCUT2D eigenvalue weighted by molar-refractivity contribution is 5.89. The van der Waals surface area contributed by atoms with Gasteiger partial charge in [-0.3, -0.25) is 9.59 Å². The molecule has 9 heteroatoms. The van der Waals surface area contributed by atoms with Crippen LogP contribution in [0.4, 0.5) is 13.2 Å². The number of alkyl halides is 3. The highest BCUT2D eigenvalue weighted by Crippen LogP contribution is 2.19. The zero-order chi connectivity index (χ0) is 18.3. The van der Waals surface area contributed by atoms with Crippen LogP contribution in [0.3, 0.4) is 0 Å². The van der Waals surface area contributed by atoms with Gasteiger partial charge in [-0.2, -0.15) is 13.2 Å². The molecule has 0 unspecified atom stereocenters. The lowest BCUT2D eigenvalue weighted by Gasteiger charge is -2.21. The number of ether oxygens (including phenoxy) is 1.